The Labute approximate surface area is 132 Å². The van der Waals surface area contributed by atoms with Crippen molar-refractivity contribution in [3.05, 3.63) is 48.7 Å². The number of ether oxygens (including phenoxy) is 1. The Morgan fingerprint density at radius 3 is 3.00 bits per heavy atom. The molecule has 0 saturated carbocycles. The zero-order chi connectivity index (χ0) is 16.1. The molecule has 1 aromatic carbocycles. The van der Waals surface area contributed by atoms with Gasteiger partial charge in [0.2, 0.25) is 5.95 Å². The van der Waals surface area contributed by atoms with Crippen LogP contribution in [0.4, 0.5) is 10.3 Å². The minimum Gasteiger partial charge on any atom is -0.494 e. The molecule has 0 aliphatic rings. The molecule has 2 aromatic heterocycles. The van der Waals surface area contributed by atoms with Gasteiger partial charge in [-0.3, -0.25) is 4.68 Å². The molecule has 0 fully saturated rings. The Morgan fingerprint density at radius 1 is 1.35 bits per heavy atom. The normalized spacial score (nSPS) is 10.5. The highest BCUT2D eigenvalue weighted by Gasteiger charge is 2.08. The molecule has 3 aromatic rings. The second kappa shape index (κ2) is 6.82. The van der Waals surface area contributed by atoms with Gasteiger partial charge in [-0.05, 0) is 24.3 Å². The van der Waals surface area contributed by atoms with Crippen LogP contribution in [0.15, 0.2) is 42.9 Å². The SMILES string of the molecule is COc1ccc(-c2cnnc(NCCn3cccn3)n2)cc1F. The van der Waals surface area contributed by atoms with Crippen LogP contribution in [-0.4, -0.2) is 38.6 Å². The van der Waals surface area contributed by atoms with Crippen LogP contribution in [0.2, 0.25) is 0 Å². The van der Waals surface area contributed by atoms with Gasteiger partial charge in [-0.15, -0.1) is 5.10 Å². The van der Waals surface area contributed by atoms with Gasteiger partial charge in [-0.1, -0.05) is 0 Å². The number of hydrogen-bond acceptors (Lipinski definition) is 6. The van der Waals surface area contributed by atoms with Gasteiger partial charge in [0.1, 0.15) is 0 Å². The molecule has 3 rings (SSSR count). The lowest BCUT2D eigenvalue weighted by atomic mass is 10.1. The standard InChI is InChI=1S/C15H15FN6O/c1-23-14-4-3-11(9-12(14)16)13-10-18-21-15(20-13)17-6-8-22-7-2-5-19-22/h2-5,7,9-10H,6,8H2,1H3,(H,17,20,21). The summed E-state index contributed by atoms with van der Waals surface area (Å²) in [5, 5.41) is 15.0. The lowest BCUT2D eigenvalue weighted by Crippen LogP contribution is -2.13. The first kappa shape index (κ1) is 14.9. The molecule has 2 heterocycles. The van der Waals surface area contributed by atoms with Crippen LogP contribution >= 0.6 is 0 Å². The number of methoxy groups -OCH3 is 1. The minimum atomic E-state index is -0.447. The zero-order valence-electron chi connectivity index (χ0n) is 12.5. The highest BCUT2D eigenvalue weighted by molar-refractivity contribution is 5.60. The van der Waals surface area contributed by atoms with Crippen molar-refractivity contribution in [1.82, 2.24) is 25.0 Å². The molecule has 0 saturated heterocycles. The quantitative estimate of drug-likeness (QED) is 0.750. The maximum absolute atomic E-state index is 13.8. The summed E-state index contributed by atoms with van der Waals surface area (Å²) in [4.78, 5) is 4.34. The van der Waals surface area contributed by atoms with E-state index in [2.05, 4.69) is 25.6 Å². The fourth-order valence-corrected chi connectivity index (χ4v) is 2.06. The maximum atomic E-state index is 13.8. The molecule has 118 valence electrons. The first-order valence-corrected chi connectivity index (χ1v) is 7.01. The van der Waals surface area contributed by atoms with Gasteiger partial charge in [-0.25, -0.2) is 9.37 Å². The molecule has 0 atom stereocenters. The Kier molecular flexibility index (Phi) is 4.41. The van der Waals surface area contributed by atoms with Crippen molar-refractivity contribution in [3.63, 3.8) is 0 Å². The third-order valence-corrected chi connectivity index (χ3v) is 3.19. The topological polar surface area (TPSA) is 77.8 Å². The van der Waals surface area contributed by atoms with E-state index in [1.54, 1.807) is 23.0 Å². The summed E-state index contributed by atoms with van der Waals surface area (Å²) in [6, 6.07) is 6.49. The molecular formula is C15H15FN6O. The number of nitrogens with one attached hydrogen (secondary N) is 1. The van der Waals surface area contributed by atoms with Gasteiger partial charge >= 0.3 is 0 Å². The summed E-state index contributed by atoms with van der Waals surface area (Å²) >= 11 is 0. The molecule has 0 unspecified atom stereocenters. The Bertz CT molecular complexity index is 777. The molecule has 8 heteroatoms. The number of rotatable bonds is 6. The molecule has 0 aliphatic carbocycles. The van der Waals surface area contributed by atoms with E-state index < -0.39 is 5.82 Å². The molecule has 1 N–H and O–H groups in total. The Hall–Kier alpha value is -3.03. The van der Waals surface area contributed by atoms with Crippen molar-refractivity contribution < 1.29 is 9.13 Å². The van der Waals surface area contributed by atoms with Crippen LogP contribution in [0.5, 0.6) is 5.75 Å². The lowest BCUT2D eigenvalue weighted by molar-refractivity contribution is 0.386. The van der Waals surface area contributed by atoms with Crippen LogP contribution in [0.3, 0.4) is 0 Å². The molecule has 0 spiro atoms. The monoisotopic (exact) mass is 314 g/mol. The molecule has 0 amide bonds. The van der Waals surface area contributed by atoms with E-state index in [1.807, 2.05) is 12.3 Å². The van der Waals surface area contributed by atoms with Crippen molar-refractivity contribution in [1.29, 1.82) is 0 Å². The van der Waals surface area contributed by atoms with Gasteiger partial charge in [-0.2, -0.15) is 10.2 Å². The minimum absolute atomic E-state index is 0.188. The van der Waals surface area contributed by atoms with Crippen LogP contribution < -0.4 is 10.1 Å². The summed E-state index contributed by atoms with van der Waals surface area (Å²) in [5.74, 6) is 0.121. The average Bonchev–Trinajstić information content (AvgIpc) is 3.08. The van der Waals surface area contributed by atoms with Gasteiger partial charge in [0.25, 0.3) is 0 Å². The van der Waals surface area contributed by atoms with E-state index in [4.69, 9.17) is 4.74 Å². The van der Waals surface area contributed by atoms with Gasteiger partial charge in [0, 0.05) is 24.5 Å². The average molecular weight is 314 g/mol. The van der Waals surface area contributed by atoms with Crippen molar-refractivity contribution in [3.8, 4) is 17.0 Å². The van der Waals surface area contributed by atoms with Gasteiger partial charge in [0.15, 0.2) is 11.6 Å². The second-order valence-electron chi connectivity index (χ2n) is 4.71. The second-order valence-corrected chi connectivity index (χ2v) is 4.71. The zero-order valence-corrected chi connectivity index (χ0v) is 12.5. The molecule has 0 aliphatic heterocycles. The number of aromatic nitrogens is 5. The summed E-state index contributed by atoms with van der Waals surface area (Å²) in [6.45, 7) is 1.28. The number of hydrogen-bond donors (Lipinski definition) is 1. The van der Waals surface area contributed by atoms with Crippen molar-refractivity contribution in [2.24, 2.45) is 0 Å². The largest absolute Gasteiger partial charge is 0.494 e. The molecule has 7 nitrogen and oxygen atoms in total. The summed E-state index contributed by atoms with van der Waals surface area (Å²) in [5.41, 5.74) is 1.14. The Balaban J connectivity index is 1.70. The summed E-state index contributed by atoms with van der Waals surface area (Å²) in [6.07, 6.45) is 5.08. The predicted octanol–water partition coefficient (Wildman–Crippen LogP) is 1.99. The number of nitrogens with zero attached hydrogens (tertiary/aromatic N) is 5. The maximum Gasteiger partial charge on any atom is 0.243 e. The van der Waals surface area contributed by atoms with E-state index in [9.17, 15) is 4.39 Å². The third-order valence-electron chi connectivity index (χ3n) is 3.19. The van der Waals surface area contributed by atoms with E-state index in [-0.39, 0.29) is 5.75 Å². The molecular weight excluding hydrogens is 299 g/mol. The fraction of sp³-hybridized carbons (Fsp3) is 0.200. The van der Waals surface area contributed by atoms with Crippen molar-refractivity contribution >= 4 is 5.95 Å². The first-order chi connectivity index (χ1) is 11.3. The van der Waals surface area contributed by atoms with E-state index >= 15 is 0 Å². The van der Waals surface area contributed by atoms with E-state index in [0.717, 1.165) is 0 Å². The van der Waals surface area contributed by atoms with Crippen molar-refractivity contribution in [2.45, 2.75) is 6.54 Å². The smallest absolute Gasteiger partial charge is 0.243 e. The lowest BCUT2D eigenvalue weighted by Gasteiger charge is -2.07. The molecule has 0 radical (unpaired) electrons. The number of anilines is 1. The van der Waals surface area contributed by atoms with Crippen LogP contribution in [0.25, 0.3) is 11.3 Å². The van der Waals surface area contributed by atoms with Crippen molar-refractivity contribution in [2.75, 3.05) is 19.0 Å². The highest BCUT2D eigenvalue weighted by Crippen LogP contribution is 2.24. The highest BCUT2D eigenvalue weighted by atomic mass is 19.1. The third kappa shape index (κ3) is 3.60. The fourth-order valence-electron chi connectivity index (χ4n) is 2.06. The summed E-state index contributed by atoms with van der Waals surface area (Å²) in [7, 11) is 1.42. The van der Waals surface area contributed by atoms with E-state index in [0.29, 0.717) is 30.3 Å². The van der Waals surface area contributed by atoms with E-state index in [1.165, 1.54) is 19.4 Å². The van der Waals surface area contributed by atoms with Gasteiger partial charge in [0.05, 0.1) is 25.5 Å². The van der Waals surface area contributed by atoms with Crippen LogP contribution in [0.1, 0.15) is 0 Å². The number of halogens is 1. The number of benzene rings is 1. The summed E-state index contributed by atoms with van der Waals surface area (Å²) < 4.78 is 20.5. The Morgan fingerprint density at radius 2 is 2.26 bits per heavy atom. The van der Waals surface area contributed by atoms with Gasteiger partial charge < -0.3 is 10.1 Å². The molecule has 23 heavy (non-hydrogen) atoms. The van der Waals surface area contributed by atoms with Crippen LogP contribution in [0, 0.1) is 5.82 Å². The van der Waals surface area contributed by atoms with Crippen LogP contribution in [-0.2, 0) is 6.54 Å². The first-order valence-electron chi connectivity index (χ1n) is 7.01. The predicted molar refractivity (Wildman–Crippen MR) is 82.5 cm³/mol. The molecule has 0 bridgehead atoms.